The number of nitrogens with zero attached hydrogens (tertiary/aromatic N) is 6. The summed E-state index contributed by atoms with van der Waals surface area (Å²) in [7, 11) is 1.73. The summed E-state index contributed by atoms with van der Waals surface area (Å²) in [6.45, 7) is 5.35. The van der Waals surface area contributed by atoms with Crippen molar-refractivity contribution in [3.05, 3.63) is 48.5 Å². The highest BCUT2D eigenvalue weighted by atomic mass is 16.5. The van der Waals surface area contributed by atoms with Gasteiger partial charge in [0.05, 0.1) is 12.1 Å². The molecule has 1 aliphatic heterocycles. The van der Waals surface area contributed by atoms with Crippen molar-refractivity contribution in [2.45, 2.75) is 32.4 Å². The molecule has 156 valence electrons. The first-order chi connectivity index (χ1) is 14.7. The van der Waals surface area contributed by atoms with Gasteiger partial charge in [0.15, 0.2) is 0 Å². The molecule has 5 rings (SSSR count). The molecule has 0 bridgehead atoms. The molecule has 1 aliphatic rings. The van der Waals surface area contributed by atoms with Crippen LogP contribution in [0.1, 0.15) is 18.5 Å². The molecule has 8 heteroatoms. The number of rotatable bonds is 6. The number of methoxy groups -OCH3 is 1. The molecule has 30 heavy (non-hydrogen) atoms. The number of benzene rings is 1. The zero-order valence-electron chi connectivity index (χ0n) is 17.4. The van der Waals surface area contributed by atoms with Gasteiger partial charge in [0, 0.05) is 62.9 Å². The van der Waals surface area contributed by atoms with Crippen molar-refractivity contribution in [3.63, 3.8) is 0 Å². The third-order valence-electron chi connectivity index (χ3n) is 5.73. The van der Waals surface area contributed by atoms with E-state index < -0.39 is 0 Å². The Kier molecular flexibility index (Phi) is 5.00. The molecule has 0 spiro atoms. The van der Waals surface area contributed by atoms with Crippen molar-refractivity contribution in [2.75, 3.05) is 31.7 Å². The van der Waals surface area contributed by atoms with Crippen LogP contribution < -0.4 is 9.64 Å². The Morgan fingerprint density at radius 2 is 2.03 bits per heavy atom. The van der Waals surface area contributed by atoms with Crippen LogP contribution >= 0.6 is 0 Å². The van der Waals surface area contributed by atoms with Crippen LogP contribution in [0.2, 0.25) is 0 Å². The first-order valence-corrected chi connectivity index (χ1v) is 10.4. The van der Waals surface area contributed by atoms with Crippen molar-refractivity contribution in [1.82, 2.24) is 24.1 Å². The number of aromatic nitrogens is 5. The molecule has 8 nitrogen and oxygen atoms in total. The molecule has 0 radical (unpaired) electrons. The summed E-state index contributed by atoms with van der Waals surface area (Å²) in [6.07, 6.45) is 5.77. The summed E-state index contributed by atoms with van der Waals surface area (Å²) in [6, 6.07) is 10.5. The largest absolute Gasteiger partial charge is 0.490 e. The minimum absolute atomic E-state index is 0.198. The van der Waals surface area contributed by atoms with Crippen molar-refractivity contribution in [1.29, 1.82) is 0 Å². The van der Waals surface area contributed by atoms with E-state index in [-0.39, 0.29) is 6.10 Å². The average Bonchev–Trinajstić information content (AvgIpc) is 3.39. The summed E-state index contributed by atoms with van der Waals surface area (Å²) in [5.74, 6) is 2.65. The standard InChI is InChI=1S/C22H26N6O2/c1-16-14-21(28-22(25-16)23-15-24-28)27-9-6-17(7-10-27)30-20-5-3-4-19-18(20)8-11-26(19)12-13-29-2/h3-5,8,11,14-15,17H,6-7,9-10,12-13H2,1-2H3. The van der Waals surface area contributed by atoms with Gasteiger partial charge in [-0.2, -0.15) is 14.6 Å². The lowest BCUT2D eigenvalue weighted by Gasteiger charge is -2.33. The molecular formula is C22H26N6O2. The predicted molar refractivity (Wildman–Crippen MR) is 115 cm³/mol. The van der Waals surface area contributed by atoms with Gasteiger partial charge in [0.2, 0.25) is 0 Å². The first kappa shape index (κ1) is 18.9. The van der Waals surface area contributed by atoms with E-state index in [0.29, 0.717) is 12.4 Å². The lowest BCUT2D eigenvalue weighted by molar-refractivity contribution is 0.173. The SMILES string of the molecule is COCCn1ccc2c(OC3CCN(c4cc(C)nc5ncnn45)CC3)cccc21. The lowest BCUT2D eigenvalue weighted by Crippen LogP contribution is -2.39. The zero-order chi connectivity index (χ0) is 20.5. The minimum Gasteiger partial charge on any atom is -0.490 e. The Balaban J connectivity index is 1.30. The van der Waals surface area contributed by atoms with Gasteiger partial charge in [-0.1, -0.05) is 6.07 Å². The van der Waals surface area contributed by atoms with Crippen LogP contribution in [0.3, 0.4) is 0 Å². The molecule has 4 heterocycles. The molecule has 0 N–H and O–H groups in total. The second-order valence-electron chi connectivity index (χ2n) is 7.72. The van der Waals surface area contributed by atoms with Crippen molar-refractivity contribution in [2.24, 2.45) is 0 Å². The molecule has 3 aromatic heterocycles. The highest BCUT2D eigenvalue weighted by molar-refractivity contribution is 5.86. The molecular weight excluding hydrogens is 380 g/mol. The highest BCUT2D eigenvalue weighted by Crippen LogP contribution is 2.30. The van der Waals surface area contributed by atoms with Crippen LogP contribution in [0.25, 0.3) is 16.7 Å². The Bertz CT molecular complexity index is 1160. The van der Waals surface area contributed by atoms with Crippen molar-refractivity contribution in [3.8, 4) is 5.75 Å². The summed E-state index contributed by atoms with van der Waals surface area (Å²) < 4.78 is 15.7. The van der Waals surface area contributed by atoms with E-state index in [0.717, 1.165) is 55.1 Å². The summed E-state index contributed by atoms with van der Waals surface area (Å²) >= 11 is 0. The Labute approximate surface area is 175 Å². The maximum Gasteiger partial charge on any atom is 0.254 e. The van der Waals surface area contributed by atoms with E-state index in [1.54, 1.807) is 13.4 Å². The molecule has 1 aromatic carbocycles. The highest BCUT2D eigenvalue weighted by Gasteiger charge is 2.24. The first-order valence-electron chi connectivity index (χ1n) is 10.4. The smallest absolute Gasteiger partial charge is 0.254 e. The van der Waals surface area contributed by atoms with E-state index in [9.17, 15) is 0 Å². The molecule has 0 aliphatic carbocycles. The molecule has 0 saturated carbocycles. The second-order valence-corrected chi connectivity index (χ2v) is 7.72. The van der Waals surface area contributed by atoms with Gasteiger partial charge >= 0.3 is 0 Å². The predicted octanol–water partition coefficient (Wildman–Crippen LogP) is 3.08. The third kappa shape index (κ3) is 3.47. The van der Waals surface area contributed by atoms with Gasteiger partial charge in [-0.3, -0.25) is 0 Å². The number of fused-ring (bicyclic) bond motifs is 2. The van der Waals surface area contributed by atoms with E-state index in [4.69, 9.17) is 9.47 Å². The molecule has 0 atom stereocenters. The third-order valence-corrected chi connectivity index (χ3v) is 5.73. The van der Waals surface area contributed by atoms with Gasteiger partial charge in [-0.25, -0.2) is 4.98 Å². The van der Waals surface area contributed by atoms with Gasteiger partial charge in [-0.15, -0.1) is 0 Å². The van der Waals surface area contributed by atoms with Crippen LogP contribution in [0.4, 0.5) is 5.82 Å². The van der Waals surface area contributed by atoms with Crippen molar-refractivity contribution >= 4 is 22.5 Å². The monoisotopic (exact) mass is 406 g/mol. The fourth-order valence-electron chi connectivity index (χ4n) is 4.20. The average molecular weight is 406 g/mol. The number of aryl methyl sites for hydroxylation is 1. The fraction of sp³-hybridized carbons (Fsp3) is 0.409. The molecule has 1 saturated heterocycles. The van der Waals surface area contributed by atoms with E-state index in [1.807, 2.05) is 11.4 Å². The Hall–Kier alpha value is -3.13. The maximum atomic E-state index is 6.45. The maximum absolute atomic E-state index is 6.45. The Morgan fingerprint density at radius 3 is 2.87 bits per heavy atom. The van der Waals surface area contributed by atoms with Gasteiger partial charge in [0.1, 0.15) is 24.0 Å². The van der Waals surface area contributed by atoms with E-state index >= 15 is 0 Å². The van der Waals surface area contributed by atoms with Crippen molar-refractivity contribution < 1.29 is 9.47 Å². The van der Waals surface area contributed by atoms with Crippen LogP contribution in [0.5, 0.6) is 5.75 Å². The molecule has 1 fully saturated rings. The van der Waals surface area contributed by atoms with E-state index in [2.05, 4.69) is 61.1 Å². The zero-order valence-corrected chi connectivity index (χ0v) is 17.4. The second kappa shape index (κ2) is 7.95. The quantitative estimate of drug-likeness (QED) is 0.490. The number of anilines is 1. The van der Waals surface area contributed by atoms with Crippen LogP contribution in [0.15, 0.2) is 42.9 Å². The summed E-state index contributed by atoms with van der Waals surface area (Å²) in [4.78, 5) is 11.0. The van der Waals surface area contributed by atoms with Crippen LogP contribution in [-0.2, 0) is 11.3 Å². The van der Waals surface area contributed by atoms with Gasteiger partial charge in [0.25, 0.3) is 5.78 Å². The number of ether oxygens (including phenoxy) is 2. The lowest BCUT2D eigenvalue weighted by atomic mass is 10.1. The summed E-state index contributed by atoms with van der Waals surface area (Å²) in [5, 5.41) is 5.50. The van der Waals surface area contributed by atoms with Gasteiger partial charge in [-0.05, 0) is 25.1 Å². The number of hydrogen-bond donors (Lipinski definition) is 0. The fourth-order valence-corrected chi connectivity index (χ4v) is 4.20. The molecule has 0 amide bonds. The van der Waals surface area contributed by atoms with E-state index in [1.165, 1.54) is 5.52 Å². The Morgan fingerprint density at radius 1 is 1.17 bits per heavy atom. The normalized spacial score (nSPS) is 15.3. The van der Waals surface area contributed by atoms with Gasteiger partial charge < -0.3 is 18.9 Å². The molecule has 0 unspecified atom stereocenters. The molecule has 4 aromatic rings. The van der Waals surface area contributed by atoms with Crippen LogP contribution in [0, 0.1) is 6.92 Å². The van der Waals surface area contributed by atoms with Crippen LogP contribution in [-0.4, -0.2) is 57.1 Å². The minimum atomic E-state index is 0.198. The number of hydrogen-bond acceptors (Lipinski definition) is 6. The summed E-state index contributed by atoms with van der Waals surface area (Å²) in [5.41, 5.74) is 2.14. The number of piperidine rings is 1. The topological polar surface area (TPSA) is 69.7 Å².